The molecule has 106 valence electrons. The molecule has 0 bridgehead atoms. The molecule has 1 atom stereocenters. The molecule has 0 aromatic heterocycles. The Labute approximate surface area is 116 Å². The van der Waals surface area contributed by atoms with Gasteiger partial charge in [0.2, 0.25) is 0 Å². The van der Waals surface area contributed by atoms with Gasteiger partial charge in [0.15, 0.2) is 0 Å². The maximum Gasteiger partial charge on any atom is 0.122 e. The molecule has 0 amide bonds. The van der Waals surface area contributed by atoms with Crippen LogP contribution in [0.2, 0.25) is 0 Å². The summed E-state index contributed by atoms with van der Waals surface area (Å²) in [6, 6.07) is 8.41. The first-order valence-corrected chi connectivity index (χ1v) is 7.44. The highest BCUT2D eigenvalue weighted by Gasteiger charge is 2.10. The minimum Gasteiger partial charge on any atom is -0.493 e. The van der Waals surface area contributed by atoms with Crippen molar-refractivity contribution in [2.24, 2.45) is 5.73 Å². The topological polar surface area (TPSA) is 38.5 Å². The van der Waals surface area contributed by atoms with Crippen LogP contribution < -0.4 is 10.5 Å². The molecule has 1 aliphatic rings. The van der Waals surface area contributed by atoms with Crippen molar-refractivity contribution in [2.75, 3.05) is 26.2 Å². The number of nitrogens with two attached hydrogens (primary N) is 1. The van der Waals surface area contributed by atoms with Crippen molar-refractivity contribution in [1.82, 2.24) is 4.90 Å². The lowest BCUT2D eigenvalue weighted by atomic mass is 10.1. The van der Waals surface area contributed by atoms with Gasteiger partial charge in [0, 0.05) is 12.6 Å². The zero-order valence-electron chi connectivity index (χ0n) is 12.0. The predicted octanol–water partition coefficient (Wildman–Crippen LogP) is 2.44. The highest BCUT2D eigenvalue weighted by molar-refractivity contribution is 5.33. The average Bonchev–Trinajstić information content (AvgIpc) is 2.89. The standard InChI is InChI=1S/C16H26N2O/c1-14(17)13-15-7-2-3-8-16(15)19-12-6-11-18-9-4-5-10-18/h2-3,7-8,14H,4-6,9-13,17H2,1H3. The number of ether oxygens (including phenoxy) is 1. The first-order valence-electron chi connectivity index (χ1n) is 7.44. The maximum absolute atomic E-state index is 5.92. The molecule has 1 saturated heterocycles. The number of para-hydroxylation sites is 1. The van der Waals surface area contributed by atoms with E-state index in [2.05, 4.69) is 17.0 Å². The summed E-state index contributed by atoms with van der Waals surface area (Å²) >= 11 is 0. The van der Waals surface area contributed by atoms with Gasteiger partial charge in [-0.2, -0.15) is 0 Å². The van der Waals surface area contributed by atoms with Crippen LogP contribution in [0.15, 0.2) is 24.3 Å². The zero-order chi connectivity index (χ0) is 13.5. The predicted molar refractivity (Wildman–Crippen MR) is 79.6 cm³/mol. The van der Waals surface area contributed by atoms with Crippen molar-refractivity contribution in [3.8, 4) is 5.75 Å². The number of benzene rings is 1. The van der Waals surface area contributed by atoms with E-state index in [-0.39, 0.29) is 6.04 Å². The third-order valence-electron chi connectivity index (χ3n) is 3.59. The van der Waals surface area contributed by atoms with Crippen LogP contribution in [0.1, 0.15) is 31.7 Å². The molecule has 19 heavy (non-hydrogen) atoms. The summed E-state index contributed by atoms with van der Waals surface area (Å²) in [6.07, 6.45) is 4.70. The largest absolute Gasteiger partial charge is 0.493 e. The van der Waals surface area contributed by atoms with Gasteiger partial charge < -0.3 is 15.4 Å². The molecule has 3 heteroatoms. The van der Waals surface area contributed by atoms with E-state index in [9.17, 15) is 0 Å². The van der Waals surface area contributed by atoms with Crippen LogP contribution in [-0.2, 0) is 6.42 Å². The number of hydrogen-bond acceptors (Lipinski definition) is 3. The molecular formula is C16H26N2O. The van der Waals surface area contributed by atoms with Crippen molar-refractivity contribution in [1.29, 1.82) is 0 Å². The SMILES string of the molecule is CC(N)Cc1ccccc1OCCCN1CCCC1. The monoisotopic (exact) mass is 262 g/mol. The molecule has 2 N–H and O–H groups in total. The van der Waals surface area contributed by atoms with Crippen LogP contribution in [0.25, 0.3) is 0 Å². The molecular weight excluding hydrogens is 236 g/mol. The third kappa shape index (κ3) is 4.84. The van der Waals surface area contributed by atoms with Crippen molar-refractivity contribution < 1.29 is 4.74 Å². The van der Waals surface area contributed by atoms with Gasteiger partial charge in [0.05, 0.1) is 6.61 Å². The molecule has 3 nitrogen and oxygen atoms in total. The Balaban J connectivity index is 1.75. The highest BCUT2D eigenvalue weighted by atomic mass is 16.5. The zero-order valence-corrected chi connectivity index (χ0v) is 12.0. The second-order valence-corrected chi connectivity index (χ2v) is 5.54. The van der Waals surface area contributed by atoms with Crippen molar-refractivity contribution >= 4 is 0 Å². The normalized spacial score (nSPS) is 17.6. The lowest BCUT2D eigenvalue weighted by Gasteiger charge is -2.16. The number of nitrogens with zero attached hydrogens (tertiary/aromatic N) is 1. The molecule has 1 aliphatic heterocycles. The Bertz CT molecular complexity index is 373. The van der Waals surface area contributed by atoms with Gasteiger partial charge in [-0.1, -0.05) is 18.2 Å². The Morgan fingerprint density at radius 3 is 2.74 bits per heavy atom. The molecule has 1 unspecified atom stereocenters. The summed E-state index contributed by atoms with van der Waals surface area (Å²) in [6.45, 7) is 6.52. The lowest BCUT2D eigenvalue weighted by molar-refractivity contribution is 0.261. The van der Waals surface area contributed by atoms with E-state index in [4.69, 9.17) is 10.5 Å². The molecule has 2 rings (SSSR count). The molecule has 1 aromatic rings. The first kappa shape index (κ1) is 14.4. The number of rotatable bonds is 7. The van der Waals surface area contributed by atoms with Crippen LogP contribution in [0.4, 0.5) is 0 Å². The van der Waals surface area contributed by atoms with Gasteiger partial charge in [0.1, 0.15) is 5.75 Å². The Morgan fingerprint density at radius 1 is 1.26 bits per heavy atom. The van der Waals surface area contributed by atoms with E-state index in [1.807, 2.05) is 19.1 Å². The fourth-order valence-corrected chi connectivity index (χ4v) is 2.64. The lowest BCUT2D eigenvalue weighted by Crippen LogP contribution is -2.22. The van der Waals surface area contributed by atoms with E-state index >= 15 is 0 Å². The van der Waals surface area contributed by atoms with Gasteiger partial charge in [-0.05, 0) is 57.3 Å². The van der Waals surface area contributed by atoms with Crippen molar-refractivity contribution in [2.45, 2.75) is 38.6 Å². The van der Waals surface area contributed by atoms with Crippen LogP contribution in [0, 0.1) is 0 Å². The fourth-order valence-electron chi connectivity index (χ4n) is 2.64. The number of likely N-dealkylation sites (tertiary alicyclic amines) is 1. The summed E-state index contributed by atoms with van der Waals surface area (Å²) in [7, 11) is 0. The van der Waals surface area contributed by atoms with Gasteiger partial charge in [-0.25, -0.2) is 0 Å². The minimum atomic E-state index is 0.175. The summed E-state index contributed by atoms with van der Waals surface area (Å²) in [5.74, 6) is 1.00. The molecule has 0 aliphatic carbocycles. The minimum absolute atomic E-state index is 0.175. The Hall–Kier alpha value is -1.06. The molecule has 0 saturated carbocycles. The Kier molecular flexibility index (Phi) is 5.67. The van der Waals surface area contributed by atoms with E-state index in [0.29, 0.717) is 0 Å². The van der Waals surface area contributed by atoms with Gasteiger partial charge in [-0.15, -0.1) is 0 Å². The summed E-state index contributed by atoms with van der Waals surface area (Å²) in [5, 5.41) is 0. The fraction of sp³-hybridized carbons (Fsp3) is 0.625. The van der Waals surface area contributed by atoms with Crippen LogP contribution in [-0.4, -0.2) is 37.2 Å². The van der Waals surface area contributed by atoms with Gasteiger partial charge in [-0.3, -0.25) is 0 Å². The summed E-state index contributed by atoms with van der Waals surface area (Å²) in [5.41, 5.74) is 7.09. The van der Waals surface area contributed by atoms with E-state index in [0.717, 1.165) is 31.7 Å². The van der Waals surface area contributed by atoms with Crippen molar-refractivity contribution in [3.05, 3.63) is 29.8 Å². The van der Waals surface area contributed by atoms with Crippen LogP contribution >= 0.6 is 0 Å². The summed E-state index contributed by atoms with van der Waals surface area (Å²) in [4.78, 5) is 2.53. The van der Waals surface area contributed by atoms with Gasteiger partial charge in [0.25, 0.3) is 0 Å². The number of hydrogen-bond donors (Lipinski definition) is 1. The molecule has 1 fully saturated rings. The van der Waals surface area contributed by atoms with Crippen molar-refractivity contribution in [3.63, 3.8) is 0 Å². The van der Waals surface area contributed by atoms with E-state index in [1.54, 1.807) is 0 Å². The maximum atomic E-state index is 5.92. The Morgan fingerprint density at radius 2 is 2.00 bits per heavy atom. The highest BCUT2D eigenvalue weighted by Crippen LogP contribution is 2.19. The first-order chi connectivity index (χ1) is 9.25. The average molecular weight is 262 g/mol. The second kappa shape index (κ2) is 7.51. The molecule has 1 aromatic carbocycles. The smallest absolute Gasteiger partial charge is 0.122 e. The molecule has 1 heterocycles. The van der Waals surface area contributed by atoms with E-state index < -0.39 is 0 Å². The molecule has 0 radical (unpaired) electrons. The third-order valence-corrected chi connectivity index (χ3v) is 3.59. The van der Waals surface area contributed by atoms with Gasteiger partial charge >= 0.3 is 0 Å². The van der Waals surface area contributed by atoms with Crippen LogP contribution in [0.3, 0.4) is 0 Å². The van der Waals surface area contributed by atoms with Crippen LogP contribution in [0.5, 0.6) is 5.75 Å². The van der Waals surface area contributed by atoms with E-state index in [1.165, 1.54) is 31.5 Å². The summed E-state index contributed by atoms with van der Waals surface area (Å²) < 4.78 is 5.92. The molecule has 0 spiro atoms. The quantitative estimate of drug-likeness (QED) is 0.767. The second-order valence-electron chi connectivity index (χ2n) is 5.54.